The van der Waals surface area contributed by atoms with Crippen LogP contribution in [-0.4, -0.2) is 111 Å². The van der Waals surface area contributed by atoms with Crippen LogP contribution in [0.2, 0.25) is 0 Å². The summed E-state index contributed by atoms with van der Waals surface area (Å²) in [4.78, 5) is 57.5. The molecule has 2 saturated carbocycles. The van der Waals surface area contributed by atoms with Crippen molar-refractivity contribution in [2.24, 2.45) is 17.8 Å². The van der Waals surface area contributed by atoms with E-state index in [0.717, 1.165) is 4.90 Å². The van der Waals surface area contributed by atoms with Crippen LogP contribution >= 0.6 is 0 Å². The molecule has 3 fully saturated rings. The second-order valence-electron chi connectivity index (χ2n) is 16.9. The number of carbonyl (C=O) groups is 4. The zero-order valence-electron chi connectivity index (χ0n) is 33.3. The van der Waals surface area contributed by atoms with Crippen molar-refractivity contribution >= 4 is 44.6 Å². The topological polar surface area (TPSA) is 197 Å². The van der Waals surface area contributed by atoms with Crippen LogP contribution in [0.15, 0.2) is 36.4 Å². The van der Waals surface area contributed by atoms with E-state index in [2.05, 4.69) is 20.2 Å². The zero-order chi connectivity index (χ0) is 42.6. The lowest BCUT2D eigenvalue weighted by molar-refractivity contribution is -0.222. The Kier molecular flexibility index (Phi) is 11.5. The lowest BCUT2D eigenvalue weighted by atomic mass is 9.85. The first kappa shape index (κ1) is 42.9. The molecular formula is C39H51F3N6O9S. The molecule has 6 rings (SSSR count). The van der Waals surface area contributed by atoms with Gasteiger partial charge in [0.05, 0.1) is 28.7 Å². The number of fused-ring (bicyclic) bond motifs is 3. The summed E-state index contributed by atoms with van der Waals surface area (Å²) in [7, 11) is -4.12. The maximum absolute atomic E-state index is 15.0. The van der Waals surface area contributed by atoms with E-state index < -0.39 is 85.9 Å². The van der Waals surface area contributed by atoms with E-state index in [1.807, 2.05) is 6.92 Å². The molecule has 15 nitrogen and oxygen atoms in total. The van der Waals surface area contributed by atoms with Gasteiger partial charge in [0.2, 0.25) is 33.6 Å². The first-order valence-electron chi connectivity index (χ1n) is 19.6. The minimum Gasteiger partial charge on any atom is -0.476 e. The summed E-state index contributed by atoms with van der Waals surface area (Å²) < 4.78 is 83.4. The van der Waals surface area contributed by atoms with Crippen molar-refractivity contribution in [2.75, 3.05) is 13.2 Å². The molecule has 0 unspecified atom stereocenters. The molecule has 1 aromatic carbocycles. The summed E-state index contributed by atoms with van der Waals surface area (Å²) in [5, 5.41) is 22.6. The number of carbonyl (C=O) groups excluding carboxylic acids is 3. The number of rotatable bonds is 9. The van der Waals surface area contributed by atoms with Gasteiger partial charge in [-0.3, -0.25) is 24.0 Å². The number of ether oxygens (including phenoxy) is 2. The van der Waals surface area contributed by atoms with E-state index in [1.165, 1.54) is 13.8 Å². The fraction of sp³-hybridized carbons (Fsp3) is 0.641. The second-order valence-corrected chi connectivity index (χ2v) is 19.1. The van der Waals surface area contributed by atoms with Crippen molar-refractivity contribution in [3.63, 3.8) is 0 Å². The number of allylic oxidation sites excluding steroid dienone is 1. The van der Waals surface area contributed by atoms with Gasteiger partial charge in [-0.2, -0.15) is 13.2 Å². The van der Waals surface area contributed by atoms with Gasteiger partial charge >= 0.3 is 12.3 Å². The maximum atomic E-state index is 15.0. The van der Waals surface area contributed by atoms with Gasteiger partial charge in [0, 0.05) is 12.3 Å². The predicted molar refractivity (Wildman–Crippen MR) is 204 cm³/mol. The average molecular weight is 837 g/mol. The third-order valence-electron chi connectivity index (χ3n) is 12.2. The van der Waals surface area contributed by atoms with Gasteiger partial charge in [0.1, 0.15) is 29.3 Å². The van der Waals surface area contributed by atoms with Crippen LogP contribution in [0.25, 0.3) is 10.8 Å². The molecule has 4 aliphatic rings. The Labute approximate surface area is 335 Å². The van der Waals surface area contributed by atoms with Crippen LogP contribution in [0.4, 0.5) is 18.0 Å². The van der Waals surface area contributed by atoms with Crippen molar-refractivity contribution in [1.29, 1.82) is 0 Å². The molecule has 0 bridgehead atoms. The van der Waals surface area contributed by atoms with Gasteiger partial charge < -0.3 is 24.8 Å². The number of aromatic nitrogens is 2. The highest BCUT2D eigenvalue weighted by Gasteiger charge is 2.64. The van der Waals surface area contributed by atoms with Crippen LogP contribution in [0.1, 0.15) is 86.5 Å². The van der Waals surface area contributed by atoms with Gasteiger partial charge in [-0.1, -0.05) is 38.1 Å². The fourth-order valence-corrected chi connectivity index (χ4v) is 9.44. The minimum atomic E-state index is -5.10. The molecule has 2 aromatic rings. The quantitative estimate of drug-likeness (QED) is 0.289. The number of hydrogen-bond acceptors (Lipinski definition) is 10. The molecule has 2 aliphatic heterocycles. The van der Waals surface area contributed by atoms with Crippen molar-refractivity contribution in [3.8, 4) is 11.8 Å². The highest BCUT2D eigenvalue weighted by molar-refractivity contribution is 7.91. The van der Waals surface area contributed by atoms with Crippen LogP contribution in [0.3, 0.4) is 0 Å². The van der Waals surface area contributed by atoms with E-state index in [0.29, 0.717) is 56.9 Å². The van der Waals surface area contributed by atoms with Crippen LogP contribution in [0, 0.1) is 17.8 Å². The third kappa shape index (κ3) is 8.02. The minimum absolute atomic E-state index is 0.0192. The number of benzene rings is 1. The summed E-state index contributed by atoms with van der Waals surface area (Å²) in [6.45, 7) is 7.95. The lowest BCUT2D eigenvalue weighted by Gasteiger charge is -2.45. The molecule has 1 saturated heterocycles. The van der Waals surface area contributed by atoms with Gasteiger partial charge in [-0.25, -0.2) is 13.2 Å². The molecule has 4 amide bonds. The summed E-state index contributed by atoms with van der Waals surface area (Å²) in [6.07, 6.45) is -2.94. The Morgan fingerprint density at radius 2 is 1.72 bits per heavy atom. The molecule has 7 atom stereocenters. The Morgan fingerprint density at radius 3 is 2.33 bits per heavy atom. The summed E-state index contributed by atoms with van der Waals surface area (Å²) in [6, 6.07) is 3.53. The van der Waals surface area contributed by atoms with Gasteiger partial charge in [-0.15, -0.1) is 10.2 Å². The van der Waals surface area contributed by atoms with Gasteiger partial charge in [-0.05, 0) is 90.2 Å². The lowest BCUT2D eigenvalue weighted by Crippen LogP contribution is -2.66. The molecule has 0 spiro atoms. The molecule has 58 heavy (non-hydrogen) atoms. The standard InChI is InChI=1S/C39H51F3N6O9S/c1-7-56-31-26-14-10-11-15-27(26)32(45-44-31)57-25-19-28-30(49)43-38(34(51)46-58(54,55)37(6)16-17-37)20-24(38)13-9-8-12-22(2)18-23(3)29(33(50)47(28)21-25)48(35(52)53)36(4,5)39(40,41)42/h9-11,13-15,22-25,28-29H,7-8,12,16-21H2,1-6H3,(H,43,49)(H,46,51)(H,52,53)/t22-,23+,24+,25+,28-,29-,38+/m0/s1. The van der Waals surface area contributed by atoms with Crippen LogP contribution in [0.5, 0.6) is 11.8 Å². The summed E-state index contributed by atoms with van der Waals surface area (Å²) in [5.41, 5.74) is -4.76. The second kappa shape index (κ2) is 15.5. The Morgan fingerprint density at radius 1 is 1.09 bits per heavy atom. The molecule has 3 heterocycles. The predicted octanol–water partition coefficient (Wildman–Crippen LogP) is 4.95. The number of hydrogen-bond donors (Lipinski definition) is 3. The normalized spacial score (nSPS) is 28.9. The molecule has 1 aromatic heterocycles. The monoisotopic (exact) mass is 836 g/mol. The number of nitrogens with zero attached hydrogens (tertiary/aromatic N) is 4. The van der Waals surface area contributed by atoms with Crippen molar-refractivity contribution in [2.45, 2.75) is 127 Å². The number of halogens is 3. The van der Waals surface area contributed by atoms with E-state index in [1.54, 1.807) is 43.3 Å². The van der Waals surface area contributed by atoms with E-state index in [9.17, 15) is 45.9 Å². The Balaban J connectivity index is 1.42. The van der Waals surface area contributed by atoms with Crippen molar-refractivity contribution in [1.82, 2.24) is 30.0 Å². The van der Waals surface area contributed by atoms with E-state index >= 15 is 0 Å². The average Bonchev–Trinajstić information content (AvgIpc) is 4.02. The highest BCUT2D eigenvalue weighted by Crippen LogP contribution is 2.48. The first-order valence-corrected chi connectivity index (χ1v) is 21.0. The van der Waals surface area contributed by atoms with Crippen LogP contribution < -0.4 is 19.5 Å². The largest absolute Gasteiger partial charge is 0.476 e. The highest BCUT2D eigenvalue weighted by atomic mass is 32.2. The van der Waals surface area contributed by atoms with E-state index in [4.69, 9.17) is 9.47 Å². The number of sulfonamides is 1. The molecule has 0 radical (unpaired) electrons. The third-order valence-corrected chi connectivity index (χ3v) is 14.3. The molecule has 318 valence electrons. The van der Waals surface area contributed by atoms with Gasteiger partial charge in [0.25, 0.3) is 5.91 Å². The summed E-state index contributed by atoms with van der Waals surface area (Å²) >= 11 is 0. The first-order chi connectivity index (χ1) is 27.1. The maximum Gasteiger partial charge on any atom is 0.411 e. The number of nitrogens with one attached hydrogen (secondary N) is 2. The number of alkyl halides is 3. The fourth-order valence-electron chi connectivity index (χ4n) is 8.13. The summed E-state index contributed by atoms with van der Waals surface area (Å²) in [5.74, 6) is -4.41. The molecular weight excluding hydrogens is 786 g/mol. The Bertz CT molecular complexity index is 2100. The van der Waals surface area contributed by atoms with Crippen LogP contribution in [-0.2, 0) is 24.4 Å². The van der Waals surface area contributed by atoms with Gasteiger partial charge in [0.15, 0.2) is 0 Å². The molecule has 2 aliphatic carbocycles. The zero-order valence-corrected chi connectivity index (χ0v) is 34.2. The van der Waals surface area contributed by atoms with Crippen molar-refractivity contribution in [3.05, 3.63) is 36.4 Å². The number of amides is 4. The smallest absolute Gasteiger partial charge is 0.411 e. The Hall–Kier alpha value is -4.68. The van der Waals surface area contributed by atoms with E-state index in [-0.39, 0.29) is 48.4 Å². The molecule has 3 N–H and O–H groups in total. The molecule has 19 heteroatoms. The number of carboxylic acid groups (broad SMARTS) is 1. The van der Waals surface area contributed by atoms with Crippen molar-refractivity contribution < 1.29 is 55.3 Å². The SMILES string of the molecule is CCOc1nnc(O[C@@H]2C[C@H]3C(=O)N[C@]4(C(=O)NS(=O)(=O)C5(C)CC5)C[C@H]4C=CCC[C@H](C)C[C@@H](C)[C@H](N(C(=O)O)C(C)(C)C(F)(F)F)C(=O)N3C2)c2ccccc12.